The molecule has 0 aromatic carbocycles. The third kappa shape index (κ3) is 4.21. The number of esters is 1. The molecule has 28 heavy (non-hydrogen) atoms. The topological polar surface area (TPSA) is 42.4 Å². The van der Waals surface area contributed by atoms with Crippen molar-refractivity contribution in [3.05, 3.63) is 34.3 Å². The van der Waals surface area contributed by atoms with E-state index in [1.807, 2.05) is 0 Å². The smallest absolute Gasteiger partial charge is 0.426 e. The SMILES string of the molecule is CN(C)c1nc(F)c(F)c(COC(=O)[C@@H]2[C@H](C=C(Cl)C(F)(F)F)C2(C)C)c1F. The summed E-state index contributed by atoms with van der Waals surface area (Å²) in [5.74, 6) is -7.70. The maximum Gasteiger partial charge on any atom is 0.426 e. The first kappa shape index (κ1) is 22.3. The molecule has 0 spiro atoms. The van der Waals surface area contributed by atoms with E-state index in [0.29, 0.717) is 6.08 Å². The number of rotatable bonds is 5. The normalized spacial score (nSPS) is 21.5. The van der Waals surface area contributed by atoms with E-state index in [-0.39, 0.29) is 0 Å². The van der Waals surface area contributed by atoms with Crippen LogP contribution in [-0.2, 0) is 16.1 Å². The van der Waals surface area contributed by atoms with E-state index in [1.54, 1.807) is 0 Å². The molecule has 1 aliphatic carbocycles. The summed E-state index contributed by atoms with van der Waals surface area (Å²) in [6.45, 7) is 2.11. The van der Waals surface area contributed by atoms with Crippen LogP contribution in [0.4, 0.5) is 32.2 Å². The van der Waals surface area contributed by atoms with E-state index in [1.165, 1.54) is 27.9 Å². The number of carbonyl (C=O) groups is 1. The summed E-state index contributed by atoms with van der Waals surface area (Å²) in [5, 5.41) is -1.37. The number of allylic oxidation sites excluding steroid dienone is 2. The molecule has 2 atom stereocenters. The van der Waals surface area contributed by atoms with E-state index in [2.05, 4.69) is 4.98 Å². The molecule has 1 aliphatic rings. The van der Waals surface area contributed by atoms with Crippen LogP contribution < -0.4 is 4.90 Å². The third-order valence-electron chi connectivity index (χ3n) is 4.66. The van der Waals surface area contributed by atoms with Crippen molar-refractivity contribution in [3.63, 3.8) is 0 Å². The minimum atomic E-state index is -4.75. The third-order valence-corrected chi connectivity index (χ3v) is 5.00. The van der Waals surface area contributed by atoms with Gasteiger partial charge in [0.2, 0.25) is 0 Å². The summed E-state index contributed by atoms with van der Waals surface area (Å²) in [6.07, 6.45) is -4.04. The van der Waals surface area contributed by atoms with Gasteiger partial charge in [0.25, 0.3) is 5.95 Å². The van der Waals surface area contributed by atoms with Gasteiger partial charge in [-0.1, -0.05) is 31.5 Å². The number of hydrogen-bond donors (Lipinski definition) is 0. The molecule has 1 fully saturated rings. The van der Waals surface area contributed by atoms with Crippen molar-refractivity contribution in [2.45, 2.75) is 26.6 Å². The Morgan fingerprint density at radius 1 is 1.25 bits per heavy atom. The Morgan fingerprint density at radius 3 is 2.32 bits per heavy atom. The molecule has 1 heterocycles. The summed E-state index contributed by atoms with van der Waals surface area (Å²) < 4.78 is 84.3. The van der Waals surface area contributed by atoms with Crippen LogP contribution in [0.2, 0.25) is 0 Å². The van der Waals surface area contributed by atoms with Crippen LogP contribution in [-0.4, -0.2) is 31.2 Å². The molecule has 4 nitrogen and oxygen atoms in total. The number of alkyl halides is 3. The maximum absolute atomic E-state index is 14.3. The molecule has 0 saturated heterocycles. The molecule has 0 radical (unpaired) electrons. The van der Waals surface area contributed by atoms with Crippen molar-refractivity contribution in [2.24, 2.45) is 17.3 Å². The second-order valence-corrected chi connectivity index (χ2v) is 7.58. The molecular weight excluding hydrogens is 414 g/mol. The average molecular weight is 431 g/mol. The minimum absolute atomic E-state index is 0.491. The number of pyridine rings is 1. The number of ether oxygens (including phenoxy) is 1. The number of carbonyl (C=O) groups excluding carboxylic acids is 1. The molecule has 156 valence electrons. The van der Waals surface area contributed by atoms with E-state index in [9.17, 15) is 31.1 Å². The van der Waals surface area contributed by atoms with Gasteiger partial charge in [-0.2, -0.15) is 22.5 Å². The number of aromatic nitrogens is 1. The number of anilines is 1. The fraction of sp³-hybridized carbons (Fsp3) is 0.529. The predicted octanol–water partition coefficient (Wildman–Crippen LogP) is 4.57. The van der Waals surface area contributed by atoms with E-state index < -0.39 is 70.0 Å². The highest BCUT2D eigenvalue weighted by atomic mass is 35.5. The Hall–Kier alpha value is -1.97. The summed E-state index contributed by atoms with van der Waals surface area (Å²) >= 11 is 5.20. The lowest BCUT2D eigenvalue weighted by atomic mass is 10.1. The van der Waals surface area contributed by atoms with Crippen molar-refractivity contribution >= 4 is 23.4 Å². The van der Waals surface area contributed by atoms with Crippen LogP contribution in [0.3, 0.4) is 0 Å². The second kappa shape index (κ2) is 7.46. The Balaban J connectivity index is 2.18. The van der Waals surface area contributed by atoms with E-state index in [4.69, 9.17) is 16.3 Å². The minimum Gasteiger partial charge on any atom is -0.460 e. The Bertz CT molecular complexity index is 823. The molecule has 2 rings (SSSR count). The first-order chi connectivity index (χ1) is 12.7. The van der Waals surface area contributed by atoms with Crippen molar-refractivity contribution in [1.82, 2.24) is 4.98 Å². The number of hydrogen-bond acceptors (Lipinski definition) is 4. The second-order valence-electron chi connectivity index (χ2n) is 7.17. The molecule has 11 heteroatoms. The molecular formula is C17H17ClF6N2O2. The summed E-state index contributed by atoms with van der Waals surface area (Å²) in [7, 11) is 2.71. The van der Waals surface area contributed by atoms with Gasteiger partial charge < -0.3 is 9.64 Å². The Kier molecular flexibility index (Phi) is 5.94. The molecule has 0 aliphatic heterocycles. The van der Waals surface area contributed by atoms with Crippen LogP contribution in [0, 0.1) is 34.8 Å². The van der Waals surface area contributed by atoms with Gasteiger partial charge >= 0.3 is 12.1 Å². The molecule has 1 saturated carbocycles. The van der Waals surface area contributed by atoms with Gasteiger partial charge in [0.05, 0.1) is 11.5 Å². The van der Waals surface area contributed by atoms with Gasteiger partial charge in [-0.05, 0) is 11.3 Å². The first-order valence-corrected chi connectivity index (χ1v) is 8.39. The highest BCUT2D eigenvalue weighted by Gasteiger charge is 2.62. The molecule has 1 aromatic heterocycles. The van der Waals surface area contributed by atoms with E-state index >= 15 is 0 Å². The average Bonchev–Trinajstić information content (AvgIpc) is 3.09. The molecule has 0 bridgehead atoms. The quantitative estimate of drug-likeness (QED) is 0.390. The zero-order valence-electron chi connectivity index (χ0n) is 15.3. The van der Waals surface area contributed by atoms with E-state index in [0.717, 1.165) is 4.90 Å². The predicted molar refractivity (Wildman–Crippen MR) is 89.0 cm³/mol. The lowest BCUT2D eigenvalue weighted by Gasteiger charge is -2.15. The summed E-state index contributed by atoms with van der Waals surface area (Å²) in [4.78, 5) is 16.5. The fourth-order valence-electron chi connectivity index (χ4n) is 2.89. The highest BCUT2D eigenvalue weighted by Crippen LogP contribution is 2.60. The number of nitrogens with zero attached hydrogens (tertiary/aromatic N) is 2. The van der Waals surface area contributed by atoms with Crippen molar-refractivity contribution in [2.75, 3.05) is 19.0 Å². The molecule has 0 unspecified atom stereocenters. The molecule has 0 N–H and O–H groups in total. The van der Waals surface area contributed by atoms with Gasteiger partial charge in [-0.25, -0.2) is 8.78 Å². The lowest BCUT2D eigenvalue weighted by molar-refractivity contribution is -0.147. The Morgan fingerprint density at radius 2 is 1.82 bits per heavy atom. The van der Waals surface area contributed by atoms with Gasteiger partial charge in [0.1, 0.15) is 11.6 Å². The van der Waals surface area contributed by atoms with Gasteiger partial charge in [0, 0.05) is 14.1 Å². The van der Waals surface area contributed by atoms with Crippen LogP contribution in [0.25, 0.3) is 0 Å². The zero-order valence-corrected chi connectivity index (χ0v) is 16.1. The van der Waals surface area contributed by atoms with Crippen LogP contribution in [0.15, 0.2) is 11.1 Å². The Labute approximate surface area is 162 Å². The van der Waals surface area contributed by atoms with Crippen molar-refractivity contribution in [1.29, 1.82) is 0 Å². The van der Waals surface area contributed by atoms with Crippen molar-refractivity contribution < 1.29 is 35.9 Å². The monoisotopic (exact) mass is 430 g/mol. The summed E-state index contributed by atoms with van der Waals surface area (Å²) in [6, 6.07) is 0. The maximum atomic E-state index is 14.3. The summed E-state index contributed by atoms with van der Waals surface area (Å²) in [5.41, 5.74) is -1.74. The molecule has 0 amide bonds. The largest absolute Gasteiger partial charge is 0.460 e. The zero-order chi connectivity index (χ0) is 21.6. The fourth-order valence-corrected chi connectivity index (χ4v) is 3.03. The van der Waals surface area contributed by atoms with Gasteiger partial charge in [0.15, 0.2) is 17.5 Å². The van der Waals surface area contributed by atoms with Gasteiger partial charge in [-0.15, -0.1) is 0 Å². The van der Waals surface area contributed by atoms with Crippen LogP contribution in [0.1, 0.15) is 19.4 Å². The first-order valence-electron chi connectivity index (χ1n) is 8.01. The van der Waals surface area contributed by atoms with Crippen LogP contribution in [0.5, 0.6) is 0 Å². The molecule has 1 aromatic rings. The lowest BCUT2D eigenvalue weighted by Crippen LogP contribution is -2.18. The van der Waals surface area contributed by atoms with Gasteiger partial charge in [-0.3, -0.25) is 4.79 Å². The van der Waals surface area contributed by atoms with Crippen molar-refractivity contribution in [3.8, 4) is 0 Å². The highest BCUT2D eigenvalue weighted by molar-refractivity contribution is 6.30. The number of halogens is 7. The standard InChI is InChI=1S/C17H17ClF6N2O2/c1-16(2)8(5-9(18)17(22,23)24)10(16)15(27)28-6-7-11(19)13(21)25-14(12(7)20)26(3)4/h5,8,10H,6H2,1-4H3/t8-,10-/m0/s1. The van der Waals surface area contributed by atoms with Crippen LogP contribution >= 0.6 is 11.6 Å².